The van der Waals surface area contributed by atoms with Crippen molar-refractivity contribution in [3.05, 3.63) is 115 Å². The fourth-order valence-electron chi connectivity index (χ4n) is 3.56. The van der Waals surface area contributed by atoms with E-state index in [0.717, 1.165) is 0 Å². The van der Waals surface area contributed by atoms with Gasteiger partial charge < -0.3 is 14.8 Å². The fraction of sp³-hybridized carbons (Fsp3) is 0.100. The van der Waals surface area contributed by atoms with E-state index in [1.165, 1.54) is 0 Å². The molecule has 37 heavy (non-hydrogen) atoms. The molecule has 186 valence electrons. The summed E-state index contributed by atoms with van der Waals surface area (Å²) in [6.07, 6.45) is -0.207. The fourth-order valence-corrected chi connectivity index (χ4v) is 3.56. The lowest BCUT2D eigenvalue weighted by Crippen LogP contribution is -2.27. The average Bonchev–Trinajstić information content (AvgIpc) is 2.94. The van der Waals surface area contributed by atoms with Crippen molar-refractivity contribution in [1.29, 1.82) is 0 Å². The summed E-state index contributed by atoms with van der Waals surface area (Å²) in [5, 5.41) is 2.67. The zero-order chi connectivity index (χ0) is 25.9. The van der Waals surface area contributed by atoms with E-state index in [1.807, 2.05) is 91.0 Å². The Kier molecular flexibility index (Phi) is 8.64. The Balaban J connectivity index is 1.24. The number of benzene rings is 4. The van der Waals surface area contributed by atoms with Gasteiger partial charge in [0, 0.05) is 23.5 Å². The second kappa shape index (κ2) is 12.7. The van der Waals surface area contributed by atoms with Crippen LogP contribution in [-0.4, -0.2) is 24.4 Å². The minimum absolute atomic E-state index is 0.0624. The van der Waals surface area contributed by atoms with Gasteiger partial charge in [0.15, 0.2) is 6.61 Å². The van der Waals surface area contributed by atoms with E-state index in [0.29, 0.717) is 28.6 Å². The molecule has 0 spiro atoms. The summed E-state index contributed by atoms with van der Waals surface area (Å²) in [4.78, 5) is 39.0. The van der Waals surface area contributed by atoms with Crippen LogP contribution in [0.25, 0.3) is 0 Å². The molecule has 0 radical (unpaired) electrons. The van der Waals surface area contributed by atoms with Crippen molar-refractivity contribution in [1.82, 2.24) is 0 Å². The third-order valence-electron chi connectivity index (χ3n) is 5.30. The van der Waals surface area contributed by atoms with Crippen LogP contribution in [0.15, 0.2) is 115 Å². The highest BCUT2D eigenvalue weighted by Crippen LogP contribution is 2.26. The second-order valence-electron chi connectivity index (χ2n) is 8.05. The molecule has 0 unspecified atom stereocenters. The van der Waals surface area contributed by atoms with Gasteiger partial charge in [0.1, 0.15) is 11.5 Å². The number of para-hydroxylation sites is 3. The molecule has 4 rings (SSSR count). The maximum atomic E-state index is 13.0. The van der Waals surface area contributed by atoms with Gasteiger partial charge in [0.25, 0.3) is 5.91 Å². The Morgan fingerprint density at radius 2 is 1.14 bits per heavy atom. The van der Waals surface area contributed by atoms with Crippen molar-refractivity contribution in [3.8, 4) is 11.5 Å². The Morgan fingerprint density at radius 3 is 1.70 bits per heavy atom. The summed E-state index contributed by atoms with van der Waals surface area (Å²) < 4.78 is 10.8. The van der Waals surface area contributed by atoms with Gasteiger partial charge in [0.05, 0.1) is 6.42 Å². The predicted molar refractivity (Wildman–Crippen MR) is 142 cm³/mol. The molecule has 4 aromatic carbocycles. The predicted octanol–water partition coefficient (Wildman–Crippen LogP) is 6.11. The third kappa shape index (κ3) is 7.53. The van der Waals surface area contributed by atoms with Crippen molar-refractivity contribution in [3.63, 3.8) is 0 Å². The molecule has 0 atom stereocenters. The Morgan fingerprint density at radius 1 is 0.622 bits per heavy atom. The lowest BCUT2D eigenvalue weighted by Gasteiger charge is -2.23. The van der Waals surface area contributed by atoms with Gasteiger partial charge in [-0.25, -0.2) is 0 Å². The largest absolute Gasteiger partial charge is 0.457 e. The minimum Gasteiger partial charge on any atom is -0.457 e. The summed E-state index contributed by atoms with van der Waals surface area (Å²) in [7, 11) is 0. The first-order valence-electron chi connectivity index (χ1n) is 11.8. The number of carbonyl (C=O) groups is 3. The topological polar surface area (TPSA) is 84.9 Å². The number of carbonyl (C=O) groups excluding carboxylic acids is 3. The van der Waals surface area contributed by atoms with Gasteiger partial charge >= 0.3 is 5.97 Å². The van der Waals surface area contributed by atoms with Crippen LogP contribution in [0.2, 0.25) is 0 Å². The SMILES string of the molecule is O=C(COC(=O)CCC(=O)N(c1ccccc1)c1ccccc1)Nc1ccc(Oc2ccccc2)cc1. The van der Waals surface area contributed by atoms with E-state index < -0.39 is 18.5 Å². The molecule has 1 N–H and O–H groups in total. The molecule has 2 amide bonds. The molecular formula is C30H26N2O5. The molecule has 4 aromatic rings. The van der Waals surface area contributed by atoms with Crippen molar-refractivity contribution < 1.29 is 23.9 Å². The highest BCUT2D eigenvalue weighted by Gasteiger charge is 2.19. The maximum absolute atomic E-state index is 13.0. The monoisotopic (exact) mass is 494 g/mol. The molecule has 0 aliphatic carbocycles. The first kappa shape index (κ1) is 25.2. The molecule has 0 aliphatic rings. The van der Waals surface area contributed by atoms with Crippen molar-refractivity contribution in [2.24, 2.45) is 0 Å². The van der Waals surface area contributed by atoms with E-state index in [2.05, 4.69) is 5.32 Å². The van der Waals surface area contributed by atoms with Crippen molar-refractivity contribution in [2.75, 3.05) is 16.8 Å². The first-order valence-corrected chi connectivity index (χ1v) is 11.8. The average molecular weight is 495 g/mol. The van der Waals surface area contributed by atoms with E-state index >= 15 is 0 Å². The summed E-state index contributed by atoms with van der Waals surface area (Å²) in [5.74, 6) is -0.0277. The summed E-state index contributed by atoms with van der Waals surface area (Å²) >= 11 is 0. The van der Waals surface area contributed by atoms with Crippen LogP contribution in [-0.2, 0) is 19.1 Å². The first-order chi connectivity index (χ1) is 18.1. The van der Waals surface area contributed by atoms with Gasteiger partial charge in [-0.05, 0) is 60.7 Å². The number of esters is 1. The highest BCUT2D eigenvalue weighted by molar-refractivity contribution is 6.01. The Bertz CT molecular complexity index is 1270. The van der Waals surface area contributed by atoms with Crippen LogP contribution in [0.1, 0.15) is 12.8 Å². The van der Waals surface area contributed by atoms with Gasteiger partial charge in [-0.2, -0.15) is 0 Å². The molecule has 0 aromatic heterocycles. The number of hydrogen-bond donors (Lipinski definition) is 1. The number of ether oxygens (including phenoxy) is 2. The summed E-state index contributed by atoms with van der Waals surface area (Å²) in [6.45, 7) is -0.448. The molecule has 7 heteroatoms. The molecule has 0 fully saturated rings. The van der Waals surface area contributed by atoms with E-state index in [1.54, 1.807) is 29.2 Å². The summed E-state index contributed by atoms with van der Waals surface area (Å²) in [6, 6.07) is 34.6. The lowest BCUT2D eigenvalue weighted by molar-refractivity contribution is -0.148. The van der Waals surface area contributed by atoms with Crippen LogP contribution in [0, 0.1) is 0 Å². The van der Waals surface area contributed by atoms with Crippen molar-refractivity contribution >= 4 is 34.8 Å². The number of anilines is 3. The van der Waals surface area contributed by atoms with Crippen LogP contribution in [0.4, 0.5) is 17.1 Å². The number of amides is 2. The van der Waals surface area contributed by atoms with Crippen molar-refractivity contribution in [2.45, 2.75) is 12.8 Å². The van der Waals surface area contributed by atoms with Crippen LogP contribution < -0.4 is 15.0 Å². The number of nitrogens with zero attached hydrogens (tertiary/aromatic N) is 1. The van der Waals surface area contributed by atoms with Crippen LogP contribution in [0.5, 0.6) is 11.5 Å². The maximum Gasteiger partial charge on any atom is 0.306 e. The zero-order valence-corrected chi connectivity index (χ0v) is 20.1. The molecule has 0 heterocycles. The number of rotatable bonds is 10. The van der Waals surface area contributed by atoms with Gasteiger partial charge in [-0.3, -0.25) is 19.3 Å². The normalized spacial score (nSPS) is 10.3. The highest BCUT2D eigenvalue weighted by atomic mass is 16.5. The van der Waals surface area contributed by atoms with Gasteiger partial charge in [0.2, 0.25) is 5.91 Å². The lowest BCUT2D eigenvalue weighted by atomic mass is 10.2. The second-order valence-corrected chi connectivity index (χ2v) is 8.05. The minimum atomic E-state index is -0.629. The van der Waals surface area contributed by atoms with Gasteiger partial charge in [-0.15, -0.1) is 0 Å². The van der Waals surface area contributed by atoms with E-state index in [4.69, 9.17) is 9.47 Å². The standard InChI is InChI=1S/C30H26N2O5/c33-28(31-23-16-18-27(19-17-23)37-26-14-8-3-9-15-26)22-36-30(35)21-20-29(34)32(24-10-4-1-5-11-24)25-12-6-2-7-13-25/h1-19H,20-22H2,(H,31,33). The Labute approximate surface area is 215 Å². The van der Waals surface area contributed by atoms with Crippen LogP contribution >= 0.6 is 0 Å². The van der Waals surface area contributed by atoms with E-state index in [-0.39, 0.29) is 18.7 Å². The number of nitrogens with one attached hydrogen (secondary N) is 1. The zero-order valence-electron chi connectivity index (χ0n) is 20.1. The molecule has 0 saturated carbocycles. The van der Waals surface area contributed by atoms with E-state index in [9.17, 15) is 14.4 Å². The molecule has 0 aliphatic heterocycles. The third-order valence-corrected chi connectivity index (χ3v) is 5.30. The quantitative estimate of drug-likeness (QED) is 0.269. The molecule has 0 saturated heterocycles. The molecule has 0 bridgehead atoms. The Hall–Kier alpha value is -4.91. The molecule has 7 nitrogen and oxygen atoms in total. The smallest absolute Gasteiger partial charge is 0.306 e. The molecular weight excluding hydrogens is 468 g/mol. The van der Waals surface area contributed by atoms with Crippen LogP contribution in [0.3, 0.4) is 0 Å². The number of hydrogen-bond acceptors (Lipinski definition) is 5. The summed E-state index contributed by atoms with van der Waals surface area (Å²) in [5.41, 5.74) is 1.94. The van der Waals surface area contributed by atoms with Gasteiger partial charge in [-0.1, -0.05) is 54.6 Å².